The summed E-state index contributed by atoms with van der Waals surface area (Å²) in [5.74, 6) is -2.50. The van der Waals surface area contributed by atoms with E-state index in [1.807, 2.05) is 38.1 Å². The molecule has 1 N–H and O–H groups in total. The summed E-state index contributed by atoms with van der Waals surface area (Å²) in [5, 5.41) is 11.5. The Balaban J connectivity index is 2.01. The van der Waals surface area contributed by atoms with Gasteiger partial charge in [0, 0.05) is 16.8 Å². The second kappa shape index (κ2) is 8.56. The molecule has 0 saturated carbocycles. The van der Waals surface area contributed by atoms with Gasteiger partial charge in [0.25, 0.3) is 11.7 Å². The van der Waals surface area contributed by atoms with Gasteiger partial charge >= 0.3 is 0 Å². The van der Waals surface area contributed by atoms with Crippen molar-refractivity contribution in [2.24, 2.45) is 0 Å². The van der Waals surface area contributed by atoms with Crippen molar-refractivity contribution in [3.8, 4) is 0 Å². The third-order valence-electron chi connectivity index (χ3n) is 6.28. The summed E-state index contributed by atoms with van der Waals surface area (Å²) in [7, 11) is 0. The van der Waals surface area contributed by atoms with Gasteiger partial charge in [-0.1, -0.05) is 63.2 Å². The Morgan fingerprint density at radius 1 is 0.941 bits per heavy atom. The van der Waals surface area contributed by atoms with E-state index in [-0.39, 0.29) is 22.3 Å². The monoisotopic (exact) mass is 457 g/mol. The Kier molecular flexibility index (Phi) is 5.90. The van der Waals surface area contributed by atoms with Crippen LogP contribution in [0.5, 0.6) is 0 Å². The van der Waals surface area contributed by atoms with Crippen molar-refractivity contribution in [3.05, 3.63) is 106 Å². The largest absolute Gasteiger partial charge is 0.507 e. The number of hydrogen-bond acceptors (Lipinski definition) is 3. The van der Waals surface area contributed by atoms with Gasteiger partial charge in [-0.15, -0.1) is 0 Å². The molecule has 1 saturated heterocycles. The highest BCUT2D eigenvalue weighted by Gasteiger charge is 2.48. The summed E-state index contributed by atoms with van der Waals surface area (Å²) in [6.45, 7) is 9.86. The quantitative estimate of drug-likeness (QED) is 0.283. The van der Waals surface area contributed by atoms with Crippen LogP contribution in [-0.2, 0) is 15.0 Å². The first-order valence-corrected chi connectivity index (χ1v) is 11.2. The average Bonchev–Trinajstić information content (AvgIpc) is 3.03. The minimum atomic E-state index is -1.10. The number of rotatable bonds is 3. The van der Waals surface area contributed by atoms with E-state index in [1.54, 1.807) is 36.4 Å². The number of aliphatic hydroxyl groups is 1. The van der Waals surface area contributed by atoms with Crippen LogP contribution >= 0.6 is 0 Å². The number of hydrogen-bond donors (Lipinski definition) is 1. The van der Waals surface area contributed by atoms with Crippen LogP contribution in [0.1, 0.15) is 54.6 Å². The molecule has 174 valence electrons. The zero-order valence-corrected chi connectivity index (χ0v) is 20.0. The molecule has 1 aliphatic rings. The molecule has 3 aromatic carbocycles. The molecular weight excluding hydrogens is 429 g/mol. The first-order valence-electron chi connectivity index (χ1n) is 11.2. The maximum atomic E-state index is 15.0. The molecule has 1 heterocycles. The highest BCUT2D eigenvalue weighted by Crippen LogP contribution is 2.43. The molecule has 0 aliphatic carbocycles. The second-order valence-electron chi connectivity index (χ2n) is 9.81. The van der Waals surface area contributed by atoms with Crippen LogP contribution in [0.3, 0.4) is 0 Å². The maximum Gasteiger partial charge on any atom is 0.300 e. The summed E-state index contributed by atoms with van der Waals surface area (Å²) in [6.07, 6.45) is 0. The Labute approximate surface area is 199 Å². The fraction of sp³-hybridized carbons (Fsp3) is 0.241. The van der Waals surface area contributed by atoms with Crippen molar-refractivity contribution in [1.29, 1.82) is 0 Å². The van der Waals surface area contributed by atoms with E-state index in [4.69, 9.17) is 0 Å². The number of ketones is 1. The van der Waals surface area contributed by atoms with E-state index in [1.165, 1.54) is 11.0 Å². The molecule has 0 bridgehead atoms. The van der Waals surface area contributed by atoms with Gasteiger partial charge in [-0.25, -0.2) is 4.39 Å². The molecule has 1 amide bonds. The predicted octanol–water partition coefficient (Wildman–Crippen LogP) is 6.37. The first-order chi connectivity index (χ1) is 16.0. The summed E-state index contributed by atoms with van der Waals surface area (Å²) < 4.78 is 15.0. The first kappa shape index (κ1) is 23.4. The summed E-state index contributed by atoms with van der Waals surface area (Å²) >= 11 is 0. The minimum Gasteiger partial charge on any atom is -0.507 e. The van der Waals surface area contributed by atoms with E-state index in [2.05, 4.69) is 20.8 Å². The molecule has 1 fully saturated rings. The van der Waals surface area contributed by atoms with E-state index in [0.717, 1.165) is 16.7 Å². The standard InChI is InChI=1S/C29H28FNO3/c1-17-9-8-10-20(15-17)31-25(21-11-6-7-12-23(21)30)24(27(33)28(31)34)26(32)22-16-19(29(3,4)5)14-13-18(22)2/h6-16,25,32H,1-5H3/b26-24+. The normalized spacial score (nSPS) is 17.9. The maximum absolute atomic E-state index is 15.0. The number of nitrogens with zero attached hydrogens (tertiary/aromatic N) is 1. The van der Waals surface area contributed by atoms with Crippen molar-refractivity contribution < 1.29 is 19.1 Å². The van der Waals surface area contributed by atoms with Gasteiger partial charge in [0.2, 0.25) is 0 Å². The van der Waals surface area contributed by atoms with Gasteiger partial charge in [-0.2, -0.15) is 0 Å². The molecule has 4 rings (SSSR count). The molecular formula is C29H28FNO3. The Bertz CT molecular complexity index is 1330. The van der Waals surface area contributed by atoms with Crippen molar-refractivity contribution in [1.82, 2.24) is 0 Å². The molecule has 1 aliphatic heterocycles. The molecule has 5 heteroatoms. The van der Waals surface area contributed by atoms with Crippen molar-refractivity contribution >= 4 is 23.1 Å². The number of carbonyl (C=O) groups excluding carboxylic acids is 2. The van der Waals surface area contributed by atoms with Gasteiger partial charge in [-0.3, -0.25) is 14.5 Å². The lowest BCUT2D eigenvalue weighted by molar-refractivity contribution is -0.132. The smallest absolute Gasteiger partial charge is 0.300 e. The van der Waals surface area contributed by atoms with Gasteiger partial charge in [-0.05, 0) is 60.2 Å². The highest BCUT2D eigenvalue weighted by atomic mass is 19.1. The lowest BCUT2D eigenvalue weighted by Gasteiger charge is -2.26. The van der Waals surface area contributed by atoms with Crippen LogP contribution in [0, 0.1) is 19.7 Å². The van der Waals surface area contributed by atoms with E-state index in [0.29, 0.717) is 11.3 Å². The number of benzene rings is 3. The number of carbonyl (C=O) groups is 2. The van der Waals surface area contributed by atoms with Crippen LogP contribution in [-0.4, -0.2) is 16.8 Å². The number of aliphatic hydroxyl groups excluding tert-OH is 1. The number of halogens is 1. The van der Waals surface area contributed by atoms with Crippen LogP contribution < -0.4 is 4.90 Å². The summed E-state index contributed by atoms with van der Waals surface area (Å²) in [4.78, 5) is 27.9. The topological polar surface area (TPSA) is 57.6 Å². The zero-order valence-electron chi connectivity index (χ0n) is 20.0. The number of aryl methyl sites for hydroxylation is 2. The van der Waals surface area contributed by atoms with Crippen LogP contribution in [0.15, 0.2) is 72.3 Å². The third-order valence-corrected chi connectivity index (χ3v) is 6.28. The van der Waals surface area contributed by atoms with Gasteiger partial charge in [0.15, 0.2) is 0 Å². The number of amides is 1. The highest BCUT2D eigenvalue weighted by molar-refractivity contribution is 6.51. The Morgan fingerprint density at radius 2 is 1.65 bits per heavy atom. The predicted molar refractivity (Wildman–Crippen MR) is 132 cm³/mol. The minimum absolute atomic E-state index is 0.120. The average molecular weight is 458 g/mol. The lowest BCUT2D eigenvalue weighted by atomic mass is 9.84. The second-order valence-corrected chi connectivity index (χ2v) is 9.81. The Morgan fingerprint density at radius 3 is 2.29 bits per heavy atom. The van der Waals surface area contributed by atoms with Gasteiger partial charge in [0.1, 0.15) is 11.6 Å². The van der Waals surface area contributed by atoms with E-state index in [9.17, 15) is 14.7 Å². The molecule has 1 atom stereocenters. The molecule has 0 aromatic heterocycles. The van der Waals surface area contributed by atoms with Crippen LogP contribution in [0.25, 0.3) is 5.76 Å². The van der Waals surface area contributed by atoms with Crippen LogP contribution in [0.2, 0.25) is 0 Å². The summed E-state index contributed by atoms with van der Waals surface area (Å²) in [6, 6.07) is 17.8. The van der Waals surface area contributed by atoms with E-state index >= 15 is 4.39 Å². The lowest BCUT2D eigenvalue weighted by Crippen LogP contribution is -2.29. The fourth-order valence-corrected chi connectivity index (χ4v) is 4.36. The molecule has 34 heavy (non-hydrogen) atoms. The molecule has 0 radical (unpaired) electrons. The van der Waals surface area contributed by atoms with Gasteiger partial charge in [0.05, 0.1) is 11.6 Å². The summed E-state index contributed by atoms with van der Waals surface area (Å²) in [5.41, 5.74) is 3.36. The number of Topliss-reactive ketones (excluding diaryl/α,β-unsaturated/α-hetero) is 1. The molecule has 0 spiro atoms. The SMILES string of the molecule is Cc1cccc(N2C(=O)C(=O)/C(=C(/O)c3cc(C(C)(C)C)ccc3C)C2c2ccccc2F)c1. The molecule has 4 nitrogen and oxygen atoms in total. The van der Waals surface area contributed by atoms with E-state index < -0.39 is 23.5 Å². The van der Waals surface area contributed by atoms with Crippen molar-refractivity contribution in [2.45, 2.75) is 46.1 Å². The molecule has 3 aromatic rings. The van der Waals surface area contributed by atoms with Crippen molar-refractivity contribution in [3.63, 3.8) is 0 Å². The van der Waals surface area contributed by atoms with Gasteiger partial charge < -0.3 is 5.11 Å². The number of anilines is 1. The van der Waals surface area contributed by atoms with Crippen LogP contribution in [0.4, 0.5) is 10.1 Å². The molecule has 1 unspecified atom stereocenters. The third kappa shape index (κ3) is 4.03. The zero-order chi connectivity index (χ0) is 24.8. The Hall–Kier alpha value is -3.73. The van der Waals surface area contributed by atoms with Crippen molar-refractivity contribution in [2.75, 3.05) is 4.90 Å². The fourth-order valence-electron chi connectivity index (χ4n) is 4.36.